The number of benzene rings is 2. The second kappa shape index (κ2) is 8.20. The average molecular weight is 408 g/mol. The van der Waals surface area contributed by atoms with Crippen LogP contribution in [0.5, 0.6) is 17.2 Å². The summed E-state index contributed by atoms with van der Waals surface area (Å²) in [6.07, 6.45) is 0. The number of para-hydroxylation sites is 2. The van der Waals surface area contributed by atoms with Crippen molar-refractivity contribution in [1.82, 2.24) is 9.97 Å². The summed E-state index contributed by atoms with van der Waals surface area (Å²) in [6.45, 7) is 0.0771. The van der Waals surface area contributed by atoms with Gasteiger partial charge < -0.3 is 28.3 Å². The van der Waals surface area contributed by atoms with Gasteiger partial charge >= 0.3 is 5.97 Å². The van der Waals surface area contributed by atoms with Crippen LogP contribution in [0.2, 0.25) is 0 Å². The van der Waals surface area contributed by atoms with E-state index in [9.17, 15) is 4.79 Å². The molecule has 2 aromatic carbocycles. The number of aromatic amines is 1. The van der Waals surface area contributed by atoms with Crippen LogP contribution in [0.3, 0.4) is 0 Å². The molecule has 0 saturated heterocycles. The summed E-state index contributed by atoms with van der Waals surface area (Å²) in [5.74, 6) is 2.07. The molecule has 2 aromatic heterocycles. The largest absolute Gasteiger partial charge is 0.493 e. The van der Waals surface area contributed by atoms with E-state index in [0.717, 1.165) is 16.6 Å². The standard InChI is InChI=1S/C22H20N2O6/c1-26-18-10-13(21-23-15-6-4-5-7-16(15)24-21)11-19(27-2)20(18)29-12-14-8-9-17(30-14)22(25)28-3/h4-11H,12H2,1-3H3,(H,23,24). The van der Waals surface area contributed by atoms with Crippen molar-refractivity contribution in [2.24, 2.45) is 0 Å². The van der Waals surface area contributed by atoms with E-state index in [1.54, 1.807) is 20.3 Å². The monoisotopic (exact) mass is 408 g/mol. The Morgan fingerprint density at radius 3 is 2.43 bits per heavy atom. The van der Waals surface area contributed by atoms with Gasteiger partial charge in [0, 0.05) is 5.56 Å². The van der Waals surface area contributed by atoms with Gasteiger partial charge in [-0.25, -0.2) is 9.78 Å². The molecule has 154 valence electrons. The Labute approximate surface area is 172 Å². The van der Waals surface area contributed by atoms with Crippen molar-refractivity contribution in [3.8, 4) is 28.6 Å². The van der Waals surface area contributed by atoms with Gasteiger partial charge in [0.25, 0.3) is 0 Å². The lowest BCUT2D eigenvalue weighted by Crippen LogP contribution is -2.01. The minimum atomic E-state index is -0.549. The molecule has 2 heterocycles. The van der Waals surface area contributed by atoms with E-state index in [4.69, 9.17) is 18.6 Å². The van der Waals surface area contributed by atoms with E-state index in [1.807, 2.05) is 36.4 Å². The third-order valence-electron chi connectivity index (χ3n) is 4.53. The number of ether oxygens (including phenoxy) is 4. The lowest BCUT2D eigenvalue weighted by molar-refractivity contribution is 0.0560. The molecule has 30 heavy (non-hydrogen) atoms. The minimum Gasteiger partial charge on any atom is -0.493 e. The highest BCUT2D eigenvalue weighted by molar-refractivity contribution is 5.86. The van der Waals surface area contributed by atoms with Crippen LogP contribution >= 0.6 is 0 Å². The molecule has 0 spiro atoms. The molecule has 0 unspecified atom stereocenters. The Morgan fingerprint density at radius 2 is 1.77 bits per heavy atom. The van der Waals surface area contributed by atoms with E-state index in [2.05, 4.69) is 14.7 Å². The van der Waals surface area contributed by atoms with Crippen LogP contribution in [0.25, 0.3) is 22.4 Å². The van der Waals surface area contributed by atoms with Gasteiger partial charge in [0.05, 0.1) is 32.4 Å². The van der Waals surface area contributed by atoms with Crippen molar-refractivity contribution >= 4 is 17.0 Å². The highest BCUT2D eigenvalue weighted by Crippen LogP contribution is 2.41. The van der Waals surface area contributed by atoms with Gasteiger partial charge in [0.1, 0.15) is 18.2 Å². The number of aromatic nitrogens is 2. The summed E-state index contributed by atoms with van der Waals surface area (Å²) in [7, 11) is 4.39. The predicted octanol–water partition coefficient (Wildman–Crippen LogP) is 4.21. The van der Waals surface area contributed by atoms with Crippen LogP contribution in [0, 0.1) is 0 Å². The first-order chi connectivity index (χ1) is 14.6. The Bertz CT molecular complexity index is 1140. The van der Waals surface area contributed by atoms with Crippen LogP contribution in [0.15, 0.2) is 52.9 Å². The number of H-pyrrole nitrogens is 1. The Morgan fingerprint density at radius 1 is 1.03 bits per heavy atom. The highest BCUT2D eigenvalue weighted by atomic mass is 16.5. The number of fused-ring (bicyclic) bond motifs is 1. The van der Waals surface area contributed by atoms with Crippen molar-refractivity contribution in [2.75, 3.05) is 21.3 Å². The van der Waals surface area contributed by atoms with Gasteiger partial charge in [-0.15, -0.1) is 0 Å². The molecular weight excluding hydrogens is 388 g/mol. The number of nitrogens with one attached hydrogen (secondary N) is 1. The number of hydrogen-bond acceptors (Lipinski definition) is 7. The van der Waals surface area contributed by atoms with Crippen molar-refractivity contribution in [1.29, 1.82) is 0 Å². The van der Waals surface area contributed by atoms with E-state index >= 15 is 0 Å². The zero-order valence-electron chi connectivity index (χ0n) is 16.7. The summed E-state index contributed by atoms with van der Waals surface area (Å²) < 4.78 is 27.0. The SMILES string of the molecule is COC(=O)c1ccc(COc2c(OC)cc(-c3nc4ccccc4[nH]3)cc2OC)o1. The molecule has 0 bridgehead atoms. The van der Waals surface area contributed by atoms with Crippen LogP contribution < -0.4 is 14.2 Å². The maximum atomic E-state index is 11.5. The number of furan rings is 1. The maximum Gasteiger partial charge on any atom is 0.373 e. The molecule has 0 aliphatic carbocycles. The Kier molecular flexibility index (Phi) is 5.30. The van der Waals surface area contributed by atoms with Crippen molar-refractivity contribution in [3.05, 3.63) is 60.1 Å². The molecule has 4 rings (SSSR count). The molecule has 8 nitrogen and oxygen atoms in total. The quantitative estimate of drug-likeness (QED) is 0.458. The van der Waals surface area contributed by atoms with Crippen LogP contribution in [0.1, 0.15) is 16.3 Å². The molecular formula is C22H20N2O6. The molecule has 0 saturated carbocycles. The molecule has 0 aliphatic heterocycles. The number of imidazole rings is 1. The second-order valence-corrected chi connectivity index (χ2v) is 6.36. The van der Waals surface area contributed by atoms with Crippen molar-refractivity contribution in [3.63, 3.8) is 0 Å². The number of carbonyl (C=O) groups is 1. The predicted molar refractivity (Wildman–Crippen MR) is 109 cm³/mol. The zero-order valence-corrected chi connectivity index (χ0v) is 16.7. The topological polar surface area (TPSA) is 95.8 Å². The third-order valence-corrected chi connectivity index (χ3v) is 4.53. The first-order valence-corrected chi connectivity index (χ1v) is 9.14. The molecule has 4 aromatic rings. The summed E-state index contributed by atoms with van der Waals surface area (Å²) in [4.78, 5) is 19.4. The van der Waals surface area contributed by atoms with Gasteiger partial charge in [-0.2, -0.15) is 0 Å². The Balaban J connectivity index is 1.63. The van der Waals surface area contributed by atoms with E-state index < -0.39 is 5.97 Å². The molecule has 0 amide bonds. The van der Waals surface area contributed by atoms with Crippen molar-refractivity contribution < 1.29 is 28.2 Å². The van der Waals surface area contributed by atoms with E-state index in [1.165, 1.54) is 13.2 Å². The highest BCUT2D eigenvalue weighted by Gasteiger charge is 2.18. The number of esters is 1. The fraction of sp³-hybridized carbons (Fsp3) is 0.182. The smallest absolute Gasteiger partial charge is 0.373 e. The number of nitrogens with zero attached hydrogens (tertiary/aromatic N) is 1. The van der Waals surface area contributed by atoms with Crippen molar-refractivity contribution in [2.45, 2.75) is 6.61 Å². The maximum absolute atomic E-state index is 11.5. The summed E-state index contributed by atoms with van der Waals surface area (Å²) >= 11 is 0. The molecule has 0 radical (unpaired) electrons. The molecule has 8 heteroatoms. The summed E-state index contributed by atoms with van der Waals surface area (Å²) in [5, 5.41) is 0. The average Bonchev–Trinajstić information content (AvgIpc) is 3.43. The fourth-order valence-corrected chi connectivity index (χ4v) is 3.06. The first-order valence-electron chi connectivity index (χ1n) is 9.14. The van der Waals surface area contributed by atoms with Crippen LogP contribution in [-0.4, -0.2) is 37.3 Å². The zero-order chi connectivity index (χ0) is 21.1. The van der Waals surface area contributed by atoms with E-state index in [0.29, 0.717) is 28.8 Å². The molecule has 0 atom stereocenters. The molecule has 1 N–H and O–H groups in total. The van der Waals surface area contributed by atoms with Gasteiger partial charge in [0.2, 0.25) is 11.5 Å². The Hall–Kier alpha value is -3.94. The van der Waals surface area contributed by atoms with E-state index in [-0.39, 0.29) is 12.4 Å². The third kappa shape index (κ3) is 3.67. The second-order valence-electron chi connectivity index (χ2n) is 6.36. The first kappa shape index (κ1) is 19.4. The number of carbonyl (C=O) groups excluding carboxylic acids is 1. The van der Waals surface area contributed by atoms with Crippen LogP contribution in [-0.2, 0) is 11.3 Å². The lowest BCUT2D eigenvalue weighted by atomic mass is 10.1. The number of methoxy groups -OCH3 is 3. The minimum absolute atomic E-state index is 0.0771. The summed E-state index contributed by atoms with van der Waals surface area (Å²) in [6, 6.07) is 14.6. The normalized spacial score (nSPS) is 10.8. The van der Waals surface area contributed by atoms with Gasteiger partial charge in [-0.3, -0.25) is 0 Å². The number of hydrogen-bond donors (Lipinski definition) is 1. The van der Waals surface area contributed by atoms with Gasteiger partial charge in [-0.1, -0.05) is 12.1 Å². The molecule has 0 fully saturated rings. The fourth-order valence-electron chi connectivity index (χ4n) is 3.06. The number of rotatable bonds is 7. The van der Waals surface area contributed by atoms with Gasteiger partial charge in [-0.05, 0) is 36.4 Å². The van der Waals surface area contributed by atoms with Crippen LogP contribution in [0.4, 0.5) is 0 Å². The van der Waals surface area contributed by atoms with Gasteiger partial charge in [0.15, 0.2) is 11.5 Å². The lowest BCUT2D eigenvalue weighted by Gasteiger charge is -2.15. The molecule has 0 aliphatic rings. The summed E-state index contributed by atoms with van der Waals surface area (Å²) in [5.41, 5.74) is 2.59.